The minimum absolute atomic E-state index is 0.100. The van der Waals surface area contributed by atoms with E-state index in [1.807, 2.05) is 14.1 Å². The fraction of sp³-hybridized carbons (Fsp3) is 0.533. The Balaban J connectivity index is 1.81. The highest BCUT2D eigenvalue weighted by molar-refractivity contribution is 7.80. The number of rotatable bonds is 5. The third-order valence-corrected chi connectivity index (χ3v) is 4.25. The lowest BCUT2D eigenvalue weighted by Gasteiger charge is -2.21. The van der Waals surface area contributed by atoms with Crippen molar-refractivity contribution in [3.05, 3.63) is 28.2 Å². The van der Waals surface area contributed by atoms with Gasteiger partial charge in [-0.3, -0.25) is 0 Å². The molecule has 1 aromatic carbocycles. The Morgan fingerprint density at radius 1 is 1.36 bits per heavy atom. The first-order valence-electron chi connectivity index (χ1n) is 7.24. The molecule has 4 nitrogen and oxygen atoms in total. The van der Waals surface area contributed by atoms with Crippen molar-refractivity contribution in [3.63, 3.8) is 0 Å². The number of hydrogen-bond acceptors (Lipinski definition) is 3. The molecular formula is C15H21Cl2N3OS. The number of ether oxygens (including phenoxy) is 1. The molecule has 0 bridgehead atoms. The van der Waals surface area contributed by atoms with Crippen LogP contribution in [0.2, 0.25) is 10.0 Å². The van der Waals surface area contributed by atoms with Gasteiger partial charge in [-0.25, -0.2) is 0 Å². The highest BCUT2D eigenvalue weighted by Gasteiger charge is 2.25. The van der Waals surface area contributed by atoms with Gasteiger partial charge in [0.05, 0.1) is 6.54 Å². The molecule has 1 unspecified atom stereocenters. The molecule has 0 radical (unpaired) electrons. The quantitative estimate of drug-likeness (QED) is 0.814. The van der Waals surface area contributed by atoms with Crippen LogP contribution in [-0.4, -0.2) is 61.3 Å². The molecule has 1 heterocycles. The molecule has 22 heavy (non-hydrogen) atoms. The number of likely N-dealkylation sites (N-methyl/N-ethyl adjacent to an activating group) is 1. The average molecular weight is 362 g/mol. The second kappa shape index (κ2) is 8.20. The van der Waals surface area contributed by atoms with Crippen LogP contribution in [0.25, 0.3) is 0 Å². The number of nitrogens with zero attached hydrogens (tertiary/aromatic N) is 2. The van der Waals surface area contributed by atoms with E-state index >= 15 is 0 Å². The van der Waals surface area contributed by atoms with Crippen LogP contribution in [0.5, 0.6) is 5.75 Å². The first kappa shape index (κ1) is 17.6. The van der Waals surface area contributed by atoms with Crippen molar-refractivity contribution in [2.75, 3.05) is 40.3 Å². The number of benzene rings is 1. The predicted octanol–water partition coefficient (Wildman–Crippen LogP) is 2.88. The standard InChI is InChI=1S/C15H21Cl2N3OS/c1-19(2)6-4-18-15(22)20-5-3-13(10-20)21-14-8-11(16)7-12(17)9-14/h7-9,13H,3-6,10H2,1-2H3,(H,18,22). The summed E-state index contributed by atoms with van der Waals surface area (Å²) in [4.78, 5) is 4.26. The Bertz CT molecular complexity index is 507. The van der Waals surface area contributed by atoms with Crippen LogP contribution in [0.15, 0.2) is 18.2 Å². The zero-order chi connectivity index (χ0) is 16.1. The molecule has 7 heteroatoms. The lowest BCUT2D eigenvalue weighted by atomic mass is 10.3. The molecule has 0 aliphatic carbocycles. The second-order valence-corrected chi connectivity index (χ2v) is 6.87. The summed E-state index contributed by atoms with van der Waals surface area (Å²) in [5, 5.41) is 5.23. The van der Waals surface area contributed by atoms with Gasteiger partial charge in [0, 0.05) is 36.1 Å². The van der Waals surface area contributed by atoms with Crippen LogP contribution < -0.4 is 10.1 Å². The summed E-state index contributed by atoms with van der Waals surface area (Å²) in [6.45, 7) is 3.47. The minimum atomic E-state index is 0.100. The van der Waals surface area contributed by atoms with E-state index in [4.69, 9.17) is 40.2 Å². The van der Waals surface area contributed by atoms with Crippen LogP contribution in [0, 0.1) is 0 Å². The average Bonchev–Trinajstić information content (AvgIpc) is 2.85. The first-order chi connectivity index (χ1) is 10.4. The third-order valence-electron chi connectivity index (χ3n) is 3.41. The van der Waals surface area contributed by atoms with Crippen molar-refractivity contribution < 1.29 is 4.74 Å². The number of nitrogens with one attached hydrogen (secondary N) is 1. The number of likely N-dealkylation sites (tertiary alicyclic amines) is 1. The summed E-state index contributed by atoms with van der Waals surface area (Å²) >= 11 is 17.4. The van der Waals surface area contributed by atoms with Gasteiger partial charge >= 0.3 is 0 Å². The van der Waals surface area contributed by atoms with Crippen molar-refractivity contribution in [3.8, 4) is 5.75 Å². The van der Waals surface area contributed by atoms with E-state index in [9.17, 15) is 0 Å². The van der Waals surface area contributed by atoms with Gasteiger partial charge in [0.1, 0.15) is 11.9 Å². The molecular weight excluding hydrogens is 341 g/mol. The molecule has 2 rings (SSSR count). The molecule has 1 N–H and O–H groups in total. The summed E-state index contributed by atoms with van der Waals surface area (Å²) in [6.07, 6.45) is 1.03. The number of halogens is 2. The van der Waals surface area contributed by atoms with Gasteiger partial charge in [-0.05, 0) is 44.5 Å². The van der Waals surface area contributed by atoms with Gasteiger partial charge in [-0.2, -0.15) is 0 Å². The van der Waals surface area contributed by atoms with Gasteiger partial charge < -0.3 is 19.9 Å². The summed E-state index contributed by atoms with van der Waals surface area (Å²) in [5.41, 5.74) is 0. The molecule has 0 saturated carbocycles. The van der Waals surface area contributed by atoms with Gasteiger partial charge in [-0.1, -0.05) is 23.2 Å². The van der Waals surface area contributed by atoms with E-state index in [0.717, 1.165) is 37.7 Å². The van der Waals surface area contributed by atoms with E-state index in [0.29, 0.717) is 15.8 Å². The largest absolute Gasteiger partial charge is 0.488 e. The van der Waals surface area contributed by atoms with Crippen LogP contribution in [0.1, 0.15) is 6.42 Å². The van der Waals surface area contributed by atoms with Crippen LogP contribution in [0.3, 0.4) is 0 Å². The fourth-order valence-electron chi connectivity index (χ4n) is 2.30. The van der Waals surface area contributed by atoms with Crippen molar-refractivity contribution in [2.45, 2.75) is 12.5 Å². The van der Waals surface area contributed by atoms with Crippen molar-refractivity contribution in [1.82, 2.24) is 15.1 Å². The second-order valence-electron chi connectivity index (χ2n) is 5.61. The topological polar surface area (TPSA) is 27.7 Å². The van der Waals surface area contributed by atoms with Crippen molar-refractivity contribution >= 4 is 40.5 Å². The van der Waals surface area contributed by atoms with Crippen LogP contribution in [-0.2, 0) is 0 Å². The smallest absolute Gasteiger partial charge is 0.169 e. The summed E-state index contributed by atoms with van der Waals surface area (Å²) < 4.78 is 5.95. The molecule has 122 valence electrons. The molecule has 1 aliphatic heterocycles. The molecule has 1 saturated heterocycles. The Labute approximate surface area is 147 Å². The SMILES string of the molecule is CN(C)CCNC(=S)N1CCC(Oc2cc(Cl)cc(Cl)c2)C1. The fourth-order valence-corrected chi connectivity index (χ4v) is 3.07. The Hall–Kier alpha value is -0.750. The van der Waals surface area contributed by atoms with Crippen LogP contribution in [0.4, 0.5) is 0 Å². The minimum Gasteiger partial charge on any atom is -0.488 e. The van der Waals surface area contributed by atoms with Crippen LogP contribution >= 0.6 is 35.4 Å². The summed E-state index contributed by atoms with van der Waals surface area (Å²) in [6, 6.07) is 5.26. The van der Waals surface area contributed by atoms with Gasteiger partial charge in [0.25, 0.3) is 0 Å². The monoisotopic (exact) mass is 361 g/mol. The zero-order valence-corrected chi connectivity index (χ0v) is 15.1. The molecule has 0 spiro atoms. The van der Waals surface area contributed by atoms with Gasteiger partial charge in [0.15, 0.2) is 5.11 Å². The van der Waals surface area contributed by atoms with E-state index < -0.39 is 0 Å². The normalized spacial score (nSPS) is 17.9. The molecule has 1 aromatic rings. The Morgan fingerprint density at radius 2 is 2.05 bits per heavy atom. The maximum atomic E-state index is 5.99. The molecule has 1 atom stereocenters. The molecule has 1 aliphatic rings. The lowest BCUT2D eigenvalue weighted by Crippen LogP contribution is -2.41. The summed E-state index contributed by atoms with van der Waals surface area (Å²) in [5.74, 6) is 0.704. The summed E-state index contributed by atoms with van der Waals surface area (Å²) in [7, 11) is 4.08. The maximum absolute atomic E-state index is 5.99. The van der Waals surface area contributed by atoms with Gasteiger partial charge in [0.2, 0.25) is 0 Å². The number of hydrogen-bond donors (Lipinski definition) is 1. The highest BCUT2D eigenvalue weighted by atomic mass is 35.5. The van der Waals surface area contributed by atoms with Crippen molar-refractivity contribution in [2.24, 2.45) is 0 Å². The van der Waals surface area contributed by atoms with E-state index in [1.165, 1.54) is 0 Å². The first-order valence-corrected chi connectivity index (χ1v) is 8.40. The van der Waals surface area contributed by atoms with Crippen molar-refractivity contribution in [1.29, 1.82) is 0 Å². The number of thiocarbonyl (C=S) groups is 1. The van der Waals surface area contributed by atoms with E-state index in [2.05, 4.69) is 15.1 Å². The predicted molar refractivity (Wildman–Crippen MR) is 96.2 cm³/mol. The maximum Gasteiger partial charge on any atom is 0.169 e. The van der Waals surface area contributed by atoms with E-state index in [1.54, 1.807) is 18.2 Å². The molecule has 0 aromatic heterocycles. The Kier molecular flexibility index (Phi) is 6.56. The van der Waals surface area contributed by atoms with E-state index in [-0.39, 0.29) is 6.10 Å². The zero-order valence-electron chi connectivity index (χ0n) is 12.8. The highest BCUT2D eigenvalue weighted by Crippen LogP contribution is 2.26. The third kappa shape index (κ3) is 5.47. The molecule has 0 amide bonds. The lowest BCUT2D eigenvalue weighted by molar-refractivity contribution is 0.214. The Morgan fingerprint density at radius 3 is 2.68 bits per heavy atom. The molecule has 1 fully saturated rings. The van der Waals surface area contributed by atoms with Gasteiger partial charge in [-0.15, -0.1) is 0 Å².